The Kier molecular flexibility index (Phi) is 21.8. The first-order valence-corrected chi connectivity index (χ1v) is 16.7. The van der Waals surface area contributed by atoms with E-state index in [9.17, 15) is 9.46 Å². The zero-order valence-corrected chi connectivity index (χ0v) is 25.3. The van der Waals surface area contributed by atoms with Crippen molar-refractivity contribution in [2.24, 2.45) is 11.8 Å². The van der Waals surface area contributed by atoms with Crippen molar-refractivity contribution in [3.05, 3.63) is 0 Å². The van der Waals surface area contributed by atoms with Crippen molar-refractivity contribution < 1.29 is 23.0 Å². The maximum atomic E-state index is 12.1. The molecule has 0 rings (SSSR count). The molecule has 0 aromatic heterocycles. The highest BCUT2D eigenvalue weighted by Gasteiger charge is 2.25. The molecule has 34 heavy (non-hydrogen) atoms. The molecule has 0 bridgehead atoms. The van der Waals surface area contributed by atoms with Crippen molar-refractivity contribution in [2.45, 2.75) is 111 Å². The highest BCUT2D eigenvalue weighted by atomic mass is 32.2. The fourth-order valence-electron chi connectivity index (χ4n) is 3.72. The molecule has 0 aliphatic rings. The predicted molar refractivity (Wildman–Crippen MR) is 151 cm³/mol. The van der Waals surface area contributed by atoms with Crippen LogP contribution in [0.15, 0.2) is 0 Å². The average Bonchev–Trinajstić information content (AvgIpc) is 2.74. The Hall–Kier alpha value is 0.420. The second kappa shape index (κ2) is 21.5. The molecule has 0 spiro atoms. The second-order valence-electron chi connectivity index (χ2n) is 11.3. The summed E-state index contributed by atoms with van der Waals surface area (Å²) in [6.07, 6.45) is 19.5. The van der Waals surface area contributed by atoms with E-state index in [-0.39, 0.29) is 19.1 Å². The lowest BCUT2D eigenvalue weighted by atomic mass is 9.99. The highest BCUT2D eigenvalue weighted by molar-refractivity contribution is 7.99. The molecule has 2 unspecified atom stereocenters. The molecule has 7 heteroatoms. The van der Waals surface area contributed by atoms with Gasteiger partial charge < -0.3 is 9.38 Å². The molecule has 0 aliphatic heterocycles. The van der Waals surface area contributed by atoms with E-state index in [0.29, 0.717) is 16.9 Å². The van der Waals surface area contributed by atoms with Gasteiger partial charge in [-0.15, -0.1) is 0 Å². The van der Waals surface area contributed by atoms with Crippen LogP contribution in [0.25, 0.3) is 0 Å². The number of phosphoric ester groups is 1. The van der Waals surface area contributed by atoms with Crippen molar-refractivity contribution in [3.63, 3.8) is 0 Å². The maximum Gasteiger partial charge on any atom is 0.472 e. The zero-order chi connectivity index (χ0) is 25.7. The van der Waals surface area contributed by atoms with E-state index in [2.05, 4.69) is 20.8 Å². The summed E-state index contributed by atoms with van der Waals surface area (Å²) >= 11 is 1.95. The molecule has 1 N–H and O–H groups in total. The van der Waals surface area contributed by atoms with E-state index in [0.717, 1.165) is 11.5 Å². The van der Waals surface area contributed by atoms with E-state index >= 15 is 0 Å². The van der Waals surface area contributed by atoms with E-state index in [4.69, 9.17) is 9.05 Å². The van der Waals surface area contributed by atoms with Gasteiger partial charge in [0.15, 0.2) is 0 Å². The largest absolute Gasteiger partial charge is 0.472 e. The summed E-state index contributed by atoms with van der Waals surface area (Å²) in [5.74, 6) is 2.81. The van der Waals surface area contributed by atoms with Gasteiger partial charge in [-0.3, -0.25) is 9.05 Å². The second-order valence-corrected chi connectivity index (χ2v) is 13.9. The lowest BCUT2D eigenvalue weighted by Crippen LogP contribution is -2.37. The van der Waals surface area contributed by atoms with Crippen LogP contribution in [-0.4, -0.2) is 61.8 Å². The van der Waals surface area contributed by atoms with E-state index in [1.54, 1.807) is 0 Å². The summed E-state index contributed by atoms with van der Waals surface area (Å²) in [6, 6.07) is 0. The third-order valence-electron chi connectivity index (χ3n) is 6.39. The normalized spacial score (nSPS) is 15.1. The Labute approximate surface area is 217 Å². The minimum absolute atomic E-state index is 0.220. The first kappa shape index (κ1) is 34.4. The molecule has 0 saturated carbocycles. The number of unbranched alkanes of at least 4 members (excludes halogenated alkanes) is 13. The van der Waals surface area contributed by atoms with Gasteiger partial charge in [-0.1, -0.05) is 104 Å². The minimum Gasteiger partial charge on any atom is -0.329 e. The van der Waals surface area contributed by atoms with Crippen LogP contribution in [0.4, 0.5) is 0 Å². The van der Waals surface area contributed by atoms with Crippen LogP contribution in [0.2, 0.25) is 0 Å². The van der Waals surface area contributed by atoms with E-state index < -0.39 is 7.82 Å². The molecule has 0 saturated heterocycles. The molecule has 0 aliphatic carbocycles. The Bertz CT molecular complexity index is 500. The number of hydrogen-bond donors (Lipinski definition) is 1. The van der Waals surface area contributed by atoms with Crippen molar-refractivity contribution in [2.75, 3.05) is 52.4 Å². The molecule has 0 heterocycles. The summed E-state index contributed by atoms with van der Waals surface area (Å²) in [4.78, 5) is 9.95. The molecule has 2 atom stereocenters. The third-order valence-corrected chi connectivity index (χ3v) is 8.61. The fourth-order valence-corrected chi connectivity index (χ4v) is 5.85. The summed E-state index contributed by atoms with van der Waals surface area (Å²) < 4.78 is 23.3. The van der Waals surface area contributed by atoms with Crippen LogP contribution in [-0.2, 0) is 13.6 Å². The lowest BCUT2D eigenvalue weighted by molar-refractivity contribution is -0.870. The number of quaternary nitrogens is 1. The number of thioether (sulfide) groups is 1. The predicted octanol–water partition coefficient (Wildman–Crippen LogP) is 8.31. The van der Waals surface area contributed by atoms with E-state index in [1.165, 1.54) is 89.9 Å². The molecule has 5 nitrogen and oxygen atoms in total. The quantitative estimate of drug-likeness (QED) is 0.0739. The summed E-state index contributed by atoms with van der Waals surface area (Å²) in [5, 5.41) is 0. The van der Waals surface area contributed by atoms with Gasteiger partial charge in [0.1, 0.15) is 13.2 Å². The number of likely N-dealkylation sites (N-methyl/N-ethyl adjacent to an activating group) is 1. The van der Waals surface area contributed by atoms with Gasteiger partial charge in [-0.2, -0.15) is 11.8 Å². The van der Waals surface area contributed by atoms with Crippen molar-refractivity contribution in [1.82, 2.24) is 0 Å². The topological polar surface area (TPSA) is 55.8 Å². The number of phosphoric acid groups is 1. The Morgan fingerprint density at radius 2 is 1.26 bits per heavy atom. The molecule has 0 aromatic carbocycles. The van der Waals surface area contributed by atoms with Crippen LogP contribution in [0.5, 0.6) is 0 Å². The average molecular weight is 525 g/mol. The van der Waals surface area contributed by atoms with Crippen molar-refractivity contribution in [1.29, 1.82) is 0 Å². The van der Waals surface area contributed by atoms with Gasteiger partial charge in [0.2, 0.25) is 0 Å². The molecular weight excluding hydrogens is 465 g/mol. The van der Waals surface area contributed by atoms with Crippen molar-refractivity contribution in [3.8, 4) is 0 Å². The fraction of sp³-hybridized carbons (Fsp3) is 1.00. The maximum absolute atomic E-state index is 12.1. The molecule has 0 aromatic rings. The Morgan fingerprint density at radius 1 is 0.794 bits per heavy atom. The van der Waals surface area contributed by atoms with Crippen LogP contribution >= 0.6 is 19.6 Å². The molecule has 0 radical (unpaired) electrons. The Balaban J connectivity index is 3.67. The van der Waals surface area contributed by atoms with Crippen LogP contribution in [0.1, 0.15) is 111 Å². The van der Waals surface area contributed by atoms with Gasteiger partial charge in [0.25, 0.3) is 0 Å². The standard InChI is InChI=1S/C27H58NO4PS/c1-7-8-9-10-11-12-13-14-15-16-17-18-19-20-23-34-25-27(26(2)3)24-32-33(29,30)31-22-21-28(4,5)6/h26-27H,7-25H2,1-6H3/p+1. The lowest BCUT2D eigenvalue weighted by Gasteiger charge is -2.25. The van der Waals surface area contributed by atoms with Crippen LogP contribution in [0.3, 0.4) is 0 Å². The molecular formula is C27H59NO4PS+. The van der Waals surface area contributed by atoms with Gasteiger partial charge in [0.05, 0.1) is 27.7 Å². The highest BCUT2D eigenvalue weighted by Crippen LogP contribution is 2.44. The number of nitrogens with zero attached hydrogens (tertiary/aromatic N) is 1. The van der Waals surface area contributed by atoms with Crippen molar-refractivity contribution >= 4 is 19.6 Å². The Morgan fingerprint density at radius 3 is 1.71 bits per heavy atom. The zero-order valence-electron chi connectivity index (χ0n) is 23.6. The van der Waals surface area contributed by atoms with Gasteiger partial charge >= 0.3 is 7.82 Å². The van der Waals surface area contributed by atoms with Gasteiger partial charge in [-0.25, -0.2) is 4.57 Å². The molecule has 0 fully saturated rings. The number of hydrogen-bond acceptors (Lipinski definition) is 4. The van der Waals surface area contributed by atoms with E-state index in [1.807, 2.05) is 32.9 Å². The smallest absolute Gasteiger partial charge is 0.329 e. The first-order valence-electron chi connectivity index (χ1n) is 14.1. The number of rotatable bonds is 25. The van der Waals surface area contributed by atoms with Crippen LogP contribution in [0, 0.1) is 11.8 Å². The van der Waals surface area contributed by atoms with Gasteiger partial charge in [0, 0.05) is 0 Å². The monoisotopic (exact) mass is 524 g/mol. The van der Waals surface area contributed by atoms with Crippen LogP contribution < -0.4 is 0 Å². The molecule has 0 amide bonds. The minimum atomic E-state index is -3.97. The summed E-state index contributed by atoms with van der Waals surface area (Å²) in [5.41, 5.74) is 0. The SMILES string of the molecule is CCCCCCCCCCCCCCCCSCC(COP(=O)(O)OCC[N+](C)(C)C)C(C)C. The molecule has 206 valence electrons. The third kappa shape index (κ3) is 24.1. The summed E-state index contributed by atoms with van der Waals surface area (Å²) in [6.45, 7) is 7.75. The first-order chi connectivity index (χ1) is 16.1. The van der Waals surface area contributed by atoms with Gasteiger partial charge in [-0.05, 0) is 29.8 Å². The summed E-state index contributed by atoms with van der Waals surface area (Å²) in [7, 11) is 2.11.